The number of carbonyl (C=O) groups excluding carboxylic acids is 1. The van der Waals surface area contributed by atoms with Crippen molar-refractivity contribution in [3.8, 4) is 17.2 Å². The summed E-state index contributed by atoms with van der Waals surface area (Å²) in [7, 11) is -1.28. The number of aryl methyl sites for hydroxylation is 2. The number of halogens is 1. The molecule has 0 unspecified atom stereocenters. The standard InChI is InChI=1S/C25H26BrN3O6S/c1-16-5-8-19(9-6-16)36(32,33)29(21-11-17(2)7-10-22(21)34-3)15-24(30)28-27-14-18-12-20(26)25(31)23(13-18)35-4/h5-14,31H,15H2,1-4H3,(H,28,30)/b27-14-. The third kappa shape index (κ3) is 6.16. The third-order valence-electron chi connectivity index (χ3n) is 5.17. The first kappa shape index (κ1) is 27.0. The van der Waals surface area contributed by atoms with Crippen molar-refractivity contribution in [2.45, 2.75) is 18.7 Å². The number of anilines is 1. The molecule has 0 atom stereocenters. The molecule has 11 heteroatoms. The Balaban J connectivity index is 1.91. The molecule has 3 rings (SSSR count). The Morgan fingerprint density at radius 2 is 1.67 bits per heavy atom. The van der Waals surface area contributed by atoms with E-state index in [0.717, 1.165) is 15.4 Å². The van der Waals surface area contributed by atoms with Crippen LogP contribution in [0.4, 0.5) is 5.69 Å². The smallest absolute Gasteiger partial charge is 0.264 e. The zero-order valence-corrected chi connectivity index (χ0v) is 22.6. The second-order valence-electron chi connectivity index (χ2n) is 7.85. The minimum atomic E-state index is -4.12. The Hall–Kier alpha value is -3.57. The molecule has 0 bridgehead atoms. The monoisotopic (exact) mass is 575 g/mol. The van der Waals surface area contributed by atoms with Crippen LogP contribution in [0.2, 0.25) is 0 Å². The summed E-state index contributed by atoms with van der Waals surface area (Å²) in [4.78, 5) is 12.9. The maximum atomic E-state index is 13.6. The first-order valence-corrected chi connectivity index (χ1v) is 12.9. The lowest BCUT2D eigenvalue weighted by molar-refractivity contribution is -0.119. The van der Waals surface area contributed by atoms with Gasteiger partial charge >= 0.3 is 0 Å². The van der Waals surface area contributed by atoms with Gasteiger partial charge in [-0.15, -0.1) is 0 Å². The van der Waals surface area contributed by atoms with Crippen molar-refractivity contribution in [3.05, 3.63) is 75.8 Å². The number of hydrazone groups is 1. The first-order chi connectivity index (χ1) is 17.1. The van der Waals surface area contributed by atoms with E-state index in [9.17, 15) is 18.3 Å². The number of ether oxygens (including phenoxy) is 2. The molecule has 0 saturated heterocycles. The van der Waals surface area contributed by atoms with Crippen LogP contribution in [-0.2, 0) is 14.8 Å². The van der Waals surface area contributed by atoms with Crippen LogP contribution in [-0.4, -0.2) is 46.4 Å². The molecular formula is C25H26BrN3O6S. The number of hydrogen-bond acceptors (Lipinski definition) is 7. The highest BCUT2D eigenvalue weighted by atomic mass is 79.9. The van der Waals surface area contributed by atoms with Gasteiger partial charge in [0.1, 0.15) is 12.3 Å². The second kappa shape index (κ2) is 11.4. The molecule has 0 fully saturated rings. The van der Waals surface area contributed by atoms with Gasteiger partial charge < -0.3 is 14.6 Å². The quantitative estimate of drug-likeness (QED) is 0.292. The molecule has 0 aliphatic rings. The fraction of sp³-hybridized carbons (Fsp3) is 0.200. The van der Waals surface area contributed by atoms with Crippen molar-refractivity contribution in [3.63, 3.8) is 0 Å². The van der Waals surface area contributed by atoms with Gasteiger partial charge in [0, 0.05) is 0 Å². The van der Waals surface area contributed by atoms with Crippen LogP contribution in [0, 0.1) is 13.8 Å². The molecule has 2 N–H and O–H groups in total. The number of rotatable bonds is 9. The van der Waals surface area contributed by atoms with Crippen LogP contribution in [0.3, 0.4) is 0 Å². The molecule has 0 aliphatic heterocycles. The predicted octanol–water partition coefficient (Wildman–Crippen LogP) is 4.13. The molecule has 0 aromatic heterocycles. The summed E-state index contributed by atoms with van der Waals surface area (Å²) in [5.41, 5.74) is 4.80. The molecule has 0 spiro atoms. The van der Waals surface area contributed by atoms with E-state index >= 15 is 0 Å². The van der Waals surface area contributed by atoms with E-state index in [4.69, 9.17) is 9.47 Å². The lowest BCUT2D eigenvalue weighted by atomic mass is 10.2. The second-order valence-corrected chi connectivity index (χ2v) is 10.6. The molecule has 9 nitrogen and oxygen atoms in total. The number of methoxy groups -OCH3 is 2. The van der Waals surface area contributed by atoms with Crippen LogP contribution in [0.1, 0.15) is 16.7 Å². The number of benzene rings is 3. The number of amides is 1. The van der Waals surface area contributed by atoms with E-state index in [-0.39, 0.29) is 22.1 Å². The van der Waals surface area contributed by atoms with Gasteiger partial charge in [-0.1, -0.05) is 23.8 Å². The lowest BCUT2D eigenvalue weighted by Gasteiger charge is -2.25. The number of hydrogen-bond donors (Lipinski definition) is 2. The van der Waals surface area contributed by atoms with Gasteiger partial charge in [0.25, 0.3) is 15.9 Å². The SMILES string of the molecule is COc1ccc(C)cc1N(CC(=O)N/N=C\c1cc(Br)c(O)c(OC)c1)S(=O)(=O)c1ccc(C)cc1. The van der Waals surface area contributed by atoms with Crippen LogP contribution in [0.25, 0.3) is 0 Å². The molecule has 3 aromatic rings. The Morgan fingerprint density at radius 3 is 2.31 bits per heavy atom. The molecule has 190 valence electrons. The zero-order chi connectivity index (χ0) is 26.5. The average molecular weight is 576 g/mol. The van der Waals surface area contributed by atoms with Crippen LogP contribution >= 0.6 is 15.9 Å². The number of carbonyl (C=O) groups is 1. The summed E-state index contributed by atoms with van der Waals surface area (Å²) < 4.78 is 39.1. The summed E-state index contributed by atoms with van der Waals surface area (Å²) in [6.07, 6.45) is 1.34. The number of aromatic hydroxyl groups is 1. The topological polar surface area (TPSA) is 118 Å². The van der Waals surface area contributed by atoms with E-state index in [1.807, 2.05) is 13.8 Å². The largest absolute Gasteiger partial charge is 0.503 e. The van der Waals surface area contributed by atoms with Crippen LogP contribution in [0.5, 0.6) is 17.2 Å². The summed E-state index contributed by atoms with van der Waals surface area (Å²) in [6, 6.07) is 14.5. The number of nitrogens with one attached hydrogen (secondary N) is 1. The summed E-state index contributed by atoms with van der Waals surface area (Å²) in [5, 5.41) is 13.9. The highest BCUT2D eigenvalue weighted by Gasteiger charge is 2.29. The third-order valence-corrected chi connectivity index (χ3v) is 7.55. The Labute approximate surface area is 218 Å². The Morgan fingerprint density at radius 1 is 1.03 bits per heavy atom. The molecule has 0 saturated carbocycles. The highest BCUT2D eigenvalue weighted by Crippen LogP contribution is 2.35. The maximum absolute atomic E-state index is 13.6. The number of nitrogens with zero attached hydrogens (tertiary/aromatic N) is 2. The van der Waals surface area contributed by atoms with Crippen LogP contribution < -0.4 is 19.2 Å². The number of phenolic OH excluding ortho intramolecular Hbond substituents is 1. The van der Waals surface area contributed by atoms with Crippen LogP contribution in [0.15, 0.2) is 69.1 Å². The van der Waals surface area contributed by atoms with Crippen molar-refractivity contribution in [1.82, 2.24) is 5.43 Å². The average Bonchev–Trinajstić information content (AvgIpc) is 2.84. The summed E-state index contributed by atoms with van der Waals surface area (Å²) >= 11 is 3.22. The Bertz CT molecular complexity index is 1390. The van der Waals surface area contributed by atoms with Crippen molar-refractivity contribution in [1.29, 1.82) is 0 Å². The molecule has 0 aliphatic carbocycles. The van der Waals surface area contributed by atoms with E-state index in [2.05, 4.69) is 26.5 Å². The van der Waals surface area contributed by atoms with E-state index in [0.29, 0.717) is 15.8 Å². The van der Waals surface area contributed by atoms with E-state index in [1.54, 1.807) is 36.4 Å². The minimum Gasteiger partial charge on any atom is -0.503 e. The first-order valence-electron chi connectivity index (χ1n) is 10.7. The molecule has 3 aromatic carbocycles. The van der Waals surface area contributed by atoms with Gasteiger partial charge in [0.15, 0.2) is 11.5 Å². The Kier molecular flexibility index (Phi) is 8.59. The lowest BCUT2D eigenvalue weighted by Crippen LogP contribution is -2.39. The van der Waals surface area contributed by atoms with Gasteiger partial charge in [-0.3, -0.25) is 9.10 Å². The molecule has 36 heavy (non-hydrogen) atoms. The normalized spacial score (nSPS) is 11.4. The van der Waals surface area contributed by atoms with Gasteiger partial charge in [0.2, 0.25) is 0 Å². The van der Waals surface area contributed by atoms with Crippen molar-refractivity contribution in [2.75, 3.05) is 25.1 Å². The molecule has 0 radical (unpaired) electrons. The summed E-state index contributed by atoms with van der Waals surface area (Å²) in [6.45, 7) is 3.12. The highest BCUT2D eigenvalue weighted by molar-refractivity contribution is 9.10. The van der Waals surface area contributed by atoms with Gasteiger partial charge in [-0.2, -0.15) is 5.10 Å². The zero-order valence-electron chi connectivity index (χ0n) is 20.1. The van der Waals surface area contributed by atoms with Crippen molar-refractivity contribution in [2.24, 2.45) is 5.10 Å². The van der Waals surface area contributed by atoms with Crippen molar-refractivity contribution >= 4 is 43.8 Å². The van der Waals surface area contributed by atoms with Crippen molar-refractivity contribution < 1.29 is 27.8 Å². The summed E-state index contributed by atoms with van der Waals surface area (Å²) in [5.74, 6) is -0.217. The minimum absolute atomic E-state index is 0.0361. The maximum Gasteiger partial charge on any atom is 0.264 e. The molecule has 0 heterocycles. The number of phenols is 1. The van der Waals surface area contributed by atoms with E-state index in [1.165, 1.54) is 38.6 Å². The van der Waals surface area contributed by atoms with Gasteiger partial charge in [-0.25, -0.2) is 13.8 Å². The number of sulfonamides is 1. The molecule has 1 amide bonds. The van der Waals surface area contributed by atoms with E-state index < -0.39 is 22.5 Å². The predicted molar refractivity (Wildman–Crippen MR) is 142 cm³/mol. The van der Waals surface area contributed by atoms with Gasteiger partial charge in [-0.05, 0) is 77.3 Å². The fourth-order valence-corrected chi connectivity index (χ4v) is 5.18. The fourth-order valence-electron chi connectivity index (χ4n) is 3.30. The molecular weight excluding hydrogens is 550 g/mol. The van der Waals surface area contributed by atoms with Gasteiger partial charge in [0.05, 0.1) is 35.5 Å².